The number of phenols is 2. The number of ether oxygens (including phenoxy) is 1. The first-order valence-corrected chi connectivity index (χ1v) is 11.0. The molecule has 1 atom stereocenters. The Hall–Kier alpha value is -2.21. The van der Waals surface area contributed by atoms with Crippen molar-refractivity contribution in [3.63, 3.8) is 0 Å². The molecule has 2 aromatic rings. The standard InChI is InChI=1S/C24H29ClN2O3/c1-26-15-23-19-6-7-21(28)24(29)20(19)14-22(30-23)17-9-12-27(13-10-17)11-8-16-2-4-18(25)5-3-16/h2-7,14,17,23,26,28-29H,8-13,15H2,1H3. The van der Waals surface area contributed by atoms with Gasteiger partial charge in [-0.05, 0) is 69.2 Å². The second-order valence-corrected chi connectivity index (χ2v) is 8.58. The number of phenolic OH excluding ortho intramolecular Hbond substituents is 2. The zero-order valence-corrected chi connectivity index (χ0v) is 18.0. The van der Waals surface area contributed by atoms with Crippen molar-refractivity contribution in [1.82, 2.24) is 10.2 Å². The van der Waals surface area contributed by atoms with Crippen LogP contribution >= 0.6 is 11.6 Å². The summed E-state index contributed by atoms with van der Waals surface area (Å²) in [7, 11) is 1.89. The minimum atomic E-state index is -0.167. The van der Waals surface area contributed by atoms with Crippen LogP contribution in [0, 0.1) is 5.92 Å². The maximum absolute atomic E-state index is 10.4. The van der Waals surface area contributed by atoms with Gasteiger partial charge in [-0.1, -0.05) is 29.8 Å². The highest BCUT2D eigenvalue weighted by molar-refractivity contribution is 6.30. The van der Waals surface area contributed by atoms with E-state index in [1.807, 2.05) is 31.3 Å². The Morgan fingerprint density at radius 1 is 1.10 bits per heavy atom. The molecule has 0 amide bonds. The third kappa shape index (κ3) is 4.59. The van der Waals surface area contributed by atoms with Crippen LogP contribution in [0.4, 0.5) is 0 Å². The van der Waals surface area contributed by atoms with Crippen molar-refractivity contribution in [3.05, 3.63) is 63.9 Å². The lowest BCUT2D eigenvalue weighted by molar-refractivity contribution is 0.0722. The molecular formula is C24H29ClN2O3. The van der Waals surface area contributed by atoms with E-state index in [9.17, 15) is 10.2 Å². The van der Waals surface area contributed by atoms with Crippen LogP contribution in [-0.4, -0.2) is 48.3 Å². The maximum atomic E-state index is 10.4. The van der Waals surface area contributed by atoms with Gasteiger partial charge in [0, 0.05) is 35.2 Å². The number of allylic oxidation sites excluding steroid dienone is 1. The fourth-order valence-corrected chi connectivity index (χ4v) is 4.51. The van der Waals surface area contributed by atoms with Crippen molar-refractivity contribution in [2.75, 3.05) is 33.2 Å². The Balaban J connectivity index is 1.40. The molecule has 0 aliphatic carbocycles. The summed E-state index contributed by atoms with van der Waals surface area (Å²) >= 11 is 5.97. The molecule has 2 heterocycles. The molecular weight excluding hydrogens is 400 g/mol. The first kappa shape index (κ1) is 21.0. The smallest absolute Gasteiger partial charge is 0.165 e. The lowest BCUT2D eigenvalue weighted by Gasteiger charge is -2.36. The van der Waals surface area contributed by atoms with E-state index in [1.54, 1.807) is 0 Å². The monoisotopic (exact) mass is 428 g/mol. The van der Waals surface area contributed by atoms with Crippen LogP contribution in [0.1, 0.15) is 35.6 Å². The van der Waals surface area contributed by atoms with Crippen molar-refractivity contribution >= 4 is 17.7 Å². The predicted octanol–water partition coefficient (Wildman–Crippen LogP) is 4.34. The van der Waals surface area contributed by atoms with Gasteiger partial charge in [-0.2, -0.15) is 0 Å². The van der Waals surface area contributed by atoms with Crippen LogP contribution in [0.15, 0.2) is 42.2 Å². The fraction of sp³-hybridized carbons (Fsp3) is 0.417. The number of benzene rings is 2. The first-order valence-electron chi connectivity index (χ1n) is 10.6. The van der Waals surface area contributed by atoms with Crippen LogP contribution < -0.4 is 5.32 Å². The number of rotatable bonds is 6. The number of piperidine rings is 1. The summed E-state index contributed by atoms with van der Waals surface area (Å²) in [5.74, 6) is 1.09. The van der Waals surface area contributed by atoms with Crippen LogP contribution in [0.2, 0.25) is 5.02 Å². The number of hydrogen-bond acceptors (Lipinski definition) is 5. The van der Waals surface area contributed by atoms with Crippen molar-refractivity contribution in [1.29, 1.82) is 0 Å². The Morgan fingerprint density at radius 3 is 2.53 bits per heavy atom. The van der Waals surface area contributed by atoms with Crippen molar-refractivity contribution in [2.45, 2.75) is 25.4 Å². The molecule has 0 saturated carbocycles. The summed E-state index contributed by atoms with van der Waals surface area (Å²) in [5, 5.41) is 24.3. The van der Waals surface area contributed by atoms with E-state index >= 15 is 0 Å². The van der Waals surface area contributed by atoms with E-state index in [0.717, 1.165) is 55.2 Å². The van der Waals surface area contributed by atoms with E-state index in [-0.39, 0.29) is 17.6 Å². The minimum Gasteiger partial charge on any atom is -0.504 e. The molecule has 4 rings (SSSR count). The fourth-order valence-electron chi connectivity index (χ4n) is 4.38. The van der Waals surface area contributed by atoms with Crippen LogP contribution in [-0.2, 0) is 11.2 Å². The molecule has 0 aromatic heterocycles. The molecule has 160 valence electrons. The lowest BCUT2D eigenvalue weighted by atomic mass is 9.89. The predicted molar refractivity (Wildman–Crippen MR) is 120 cm³/mol. The number of halogens is 1. The molecule has 2 aliphatic rings. The summed E-state index contributed by atoms with van der Waals surface area (Å²) < 4.78 is 6.34. The Bertz CT molecular complexity index is 905. The van der Waals surface area contributed by atoms with Crippen LogP contribution in [0.3, 0.4) is 0 Å². The SMILES string of the molecule is CNCC1OC(C2CCN(CCc3ccc(Cl)cc3)CC2)=Cc2c1ccc(O)c2O. The molecule has 0 spiro atoms. The summed E-state index contributed by atoms with van der Waals surface area (Å²) in [6.07, 6.45) is 4.82. The van der Waals surface area contributed by atoms with E-state index < -0.39 is 0 Å². The highest BCUT2D eigenvalue weighted by Gasteiger charge is 2.31. The molecule has 1 fully saturated rings. The van der Waals surface area contributed by atoms with E-state index in [0.29, 0.717) is 18.0 Å². The number of fused-ring (bicyclic) bond motifs is 1. The van der Waals surface area contributed by atoms with Gasteiger partial charge in [0.1, 0.15) is 11.9 Å². The summed E-state index contributed by atoms with van der Waals surface area (Å²) in [5.41, 5.74) is 2.90. The van der Waals surface area contributed by atoms with Gasteiger partial charge in [-0.25, -0.2) is 0 Å². The average Bonchev–Trinajstić information content (AvgIpc) is 2.76. The van der Waals surface area contributed by atoms with E-state index in [2.05, 4.69) is 22.3 Å². The molecule has 1 unspecified atom stereocenters. The number of aromatic hydroxyl groups is 2. The zero-order valence-electron chi connectivity index (χ0n) is 17.3. The van der Waals surface area contributed by atoms with Gasteiger partial charge in [0.05, 0.1) is 0 Å². The Kier molecular flexibility index (Phi) is 6.52. The molecule has 2 aromatic carbocycles. The topological polar surface area (TPSA) is 65.0 Å². The highest BCUT2D eigenvalue weighted by Crippen LogP contribution is 2.43. The van der Waals surface area contributed by atoms with Gasteiger partial charge >= 0.3 is 0 Å². The molecule has 0 bridgehead atoms. The van der Waals surface area contributed by atoms with Gasteiger partial charge in [-0.3, -0.25) is 0 Å². The number of hydrogen-bond donors (Lipinski definition) is 3. The minimum absolute atomic E-state index is 0.0604. The zero-order chi connectivity index (χ0) is 21.1. The third-order valence-corrected chi connectivity index (χ3v) is 6.40. The van der Waals surface area contributed by atoms with Crippen molar-refractivity contribution in [2.24, 2.45) is 5.92 Å². The van der Waals surface area contributed by atoms with Gasteiger partial charge in [0.15, 0.2) is 11.5 Å². The molecule has 2 aliphatic heterocycles. The second kappa shape index (κ2) is 9.29. The number of likely N-dealkylation sites (N-methyl/N-ethyl adjacent to an activating group) is 1. The third-order valence-electron chi connectivity index (χ3n) is 6.15. The normalized spacial score (nSPS) is 19.8. The first-order chi connectivity index (χ1) is 14.5. The molecule has 6 heteroatoms. The number of likely N-dealkylation sites (tertiary alicyclic amines) is 1. The second-order valence-electron chi connectivity index (χ2n) is 8.14. The van der Waals surface area contributed by atoms with Crippen molar-refractivity contribution in [3.8, 4) is 11.5 Å². The van der Waals surface area contributed by atoms with Gasteiger partial charge in [-0.15, -0.1) is 0 Å². The number of nitrogens with one attached hydrogen (secondary N) is 1. The summed E-state index contributed by atoms with van der Waals surface area (Å²) in [4.78, 5) is 2.50. The largest absolute Gasteiger partial charge is 0.504 e. The maximum Gasteiger partial charge on any atom is 0.165 e. The molecule has 3 N–H and O–H groups in total. The Labute approximate surface area is 182 Å². The van der Waals surface area contributed by atoms with Crippen LogP contribution in [0.25, 0.3) is 6.08 Å². The van der Waals surface area contributed by atoms with Crippen molar-refractivity contribution < 1.29 is 14.9 Å². The van der Waals surface area contributed by atoms with Gasteiger partial charge < -0.3 is 25.2 Å². The molecule has 5 nitrogen and oxygen atoms in total. The molecule has 0 radical (unpaired) electrons. The molecule has 30 heavy (non-hydrogen) atoms. The van der Waals surface area contributed by atoms with Gasteiger partial charge in [0.2, 0.25) is 0 Å². The summed E-state index contributed by atoms with van der Waals surface area (Å²) in [6.45, 7) is 3.73. The Morgan fingerprint density at radius 2 is 1.83 bits per heavy atom. The quantitative estimate of drug-likeness (QED) is 0.597. The average molecular weight is 429 g/mol. The van der Waals surface area contributed by atoms with E-state index in [4.69, 9.17) is 16.3 Å². The van der Waals surface area contributed by atoms with Crippen LogP contribution in [0.5, 0.6) is 11.5 Å². The van der Waals surface area contributed by atoms with E-state index in [1.165, 1.54) is 11.6 Å². The highest BCUT2D eigenvalue weighted by atomic mass is 35.5. The van der Waals surface area contributed by atoms with Gasteiger partial charge in [0.25, 0.3) is 0 Å². The number of nitrogens with zero attached hydrogens (tertiary/aromatic N) is 1. The lowest BCUT2D eigenvalue weighted by Crippen LogP contribution is -2.36. The molecule has 1 saturated heterocycles. The summed E-state index contributed by atoms with van der Waals surface area (Å²) in [6, 6.07) is 11.4.